The lowest BCUT2D eigenvalue weighted by Crippen LogP contribution is -2.34. The number of alkyl halides is 3. The van der Waals surface area contributed by atoms with Crippen molar-refractivity contribution in [1.82, 2.24) is 10.3 Å². The molecule has 0 amide bonds. The van der Waals surface area contributed by atoms with Crippen molar-refractivity contribution in [3.63, 3.8) is 0 Å². The van der Waals surface area contributed by atoms with Crippen molar-refractivity contribution in [2.75, 3.05) is 25.0 Å². The molecule has 1 aliphatic rings. The van der Waals surface area contributed by atoms with Crippen LogP contribution in [0.2, 0.25) is 0 Å². The quantitative estimate of drug-likeness (QED) is 0.408. The molecule has 1 fully saturated rings. The first-order chi connectivity index (χ1) is 10.9. The van der Waals surface area contributed by atoms with Crippen molar-refractivity contribution in [3.8, 4) is 0 Å². The van der Waals surface area contributed by atoms with Gasteiger partial charge in [0, 0.05) is 25.8 Å². The van der Waals surface area contributed by atoms with Crippen LogP contribution < -0.4 is 16.4 Å². The predicted molar refractivity (Wildman–Crippen MR) is 84.2 cm³/mol. The van der Waals surface area contributed by atoms with Gasteiger partial charge in [-0.1, -0.05) is 6.42 Å². The molecule has 0 spiro atoms. The summed E-state index contributed by atoms with van der Waals surface area (Å²) < 4.78 is 37.2. The number of nitrogens with zero attached hydrogens (tertiary/aromatic N) is 2. The molecular weight excluding hydrogens is 307 g/mol. The van der Waals surface area contributed by atoms with E-state index >= 15 is 0 Å². The highest BCUT2D eigenvalue weighted by atomic mass is 19.4. The van der Waals surface area contributed by atoms with E-state index in [9.17, 15) is 13.2 Å². The Morgan fingerprint density at radius 1 is 1.30 bits per heavy atom. The highest BCUT2D eigenvalue weighted by molar-refractivity contribution is 5.77. The Labute approximate surface area is 133 Å². The summed E-state index contributed by atoms with van der Waals surface area (Å²) in [6.07, 6.45) is 0.985. The third-order valence-electron chi connectivity index (χ3n) is 3.80. The molecule has 0 aliphatic heterocycles. The minimum atomic E-state index is -4.36. The van der Waals surface area contributed by atoms with E-state index in [0.717, 1.165) is 25.2 Å². The lowest BCUT2D eigenvalue weighted by Gasteiger charge is -2.23. The molecule has 0 saturated heterocycles. The number of nitrogens with two attached hydrogens (primary N) is 1. The number of pyridine rings is 1. The van der Waals surface area contributed by atoms with Crippen LogP contribution in [-0.2, 0) is 6.18 Å². The van der Waals surface area contributed by atoms with Gasteiger partial charge in [0.1, 0.15) is 5.82 Å². The van der Waals surface area contributed by atoms with Gasteiger partial charge < -0.3 is 16.4 Å². The van der Waals surface area contributed by atoms with Crippen molar-refractivity contribution in [1.29, 1.82) is 0 Å². The normalized spacial score (nSPS) is 16.0. The fourth-order valence-electron chi connectivity index (χ4n) is 2.15. The van der Waals surface area contributed by atoms with E-state index in [1.807, 2.05) is 0 Å². The monoisotopic (exact) mass is 329 g/mol. The average molecular weight is 329 g/mol. The number of guanidine groups is 1. The molecule has 0 radical (unpaired) electrons. The largest absolute Gasteiger partial charge is 0.417 e. The second-order valence-corrected chi connectivity index (χ2v) is 5.66. The number of nitrogens with one attached hydrogen (secondary N) is 2. The minimum absolute atomic E-state index is 0.421. The Morgan fingerprint density at radius 2 is 2.09 bits per heavy atom. The maximum atomic E-state index is 12.4. The van der Waals surface area contributed by atoms with Gasteiger partial charge in [-0.25, -0.2) is 4.98 Å². The fourth-order valence-corrected chi connectivity index (χ4v) is 2.15. The van der Waals surface area contributed by atoms with Crippen LogP contribution in [0, 0.1) is 5.92 Å². The van der Waals surface area contributed by atoms with Gasteiger partial charge >= 0.3 is 6.18 Å². The Morgan fingerprint density at radius 3 is 2.65 bits per heavy atom. The van der Waals surface area contributed by atoms with Crippen molar-refractivity contribution < 1.29 is 13.2 Å². The number of aliphatic imine (C=N–C) groups is 1. The van der Waals surface area contributed by atoms with Crippen molar-refractivity contribution in [2.24, 2.45) is 16.6 Å². The Hall–Kier alpha value is -1.99. The van der Waals surface area contributed by atoms with Crippen LogP contribution >= 0.6 is 0 Å². The zero-order valence-electron chi connectivity index (χ0n) is 12.9. The highest BCUT2D eigenvalue weighted by Crippen LogP contribution is 2.28. The van der Waals surface area contributed by atoms with Gasteiger partial charge in [0.2, 0.25) is 0 Å². The van der Waals surface area contributed by atoms with Gasteiger partial charge in [-0.05, 0) is 37.3 Å². The fraction of sp³-hybridized carbons (Fsp3) is 0.600. The summed E-state index contributed by atoms with van der Waals surface area (Å²) in [5.41, 5.74) is 5.00. The molecule has 1 aromatic heterocycles. The number of hydrogen-bond donors (Lipinski definition) is 3. The molecule has 0 atom stereocenters. The van der Waals surface area contributed by atoms with E-state index in [2.05, 4.69) is 20.6 Å². The summed E-state index contributed by atoms with van der Waals surface area (Å²) in [4.78, 5) is 8.02. The number of halogens is 3. The molecule has 1 aliphatic carbocycles. The molecule has 0 unspecified atom stereocenters. The number of anilines is 1. The molecule has 1 heterocycles. The standard InChI is InChI=1S/C15H22F3N5/c16-15(17,18)12-5-6-13(22-10-12)20-7-2-8-21-14(19)23-9-11-3-1-4-11/h5-6,10-11H,1-4,7-9H2,(H,20,22)(H3,19,21,23). The van der Waals surface area contributed by atoms with Crippen LogP contribution in [0.3, 0.4) is 0 Å². The molecule has 5 nitrogen and oxygen atoms in total. The molecule has 1 aromatic rings. The molecule has 2 rings (SSSR count). The summed E-state index contributed by atoms with van der Waals surface area (Å²) >= 11 is 0. The molecule has 0 aromatic carbocycles. The molecule has 0 bridgehead atoms. The summed E-state index contributed by atoms with van der Waals surface area (Å²) in [6.45, 7) is 2.02. The van der Waals surface area contributed by atoms with Crippen LogP contribution in [0.15, 0.2) is 23.3 Å². The maximum absolute atomic E-state index is 12.4. The van der Waals surface area contributed by atoms with Crippen LogP contribution in [0.4, 0.5) is 19.0 Å². The van der Waals surface area contributed by atoms with Gasteiger partial charge in [0.25, 0.3) is 0 Å². The molecular formula is C15H22F3N5. The Bertz CT molecular complexity index is 509. The van der Waals surface area contributed by atoms with Gasteiger partial charge in [0.05, 0.1) is 5.56 Å². The predicted octanol–water partition coefficient (Wildman–Crippen LogP) is 2.61. The zero-order chi connectivity index (χ0) is 16.7. The smallest absolute Gasteiger partial charge is 0.370 e. The second-order valence-electron chi connectivity index (χ2n) is 5.66. The number of aromatic nitrogens is 1. The lowest BCUT2D eigenvalue weighted by molar-refractivity contribution is -0.137. The first-order valence-corrected chi connectivity index (χ1v) is 7.76. The van der Waals surface area contributed by atoms with E-state index in [-0.39, 0.29) is 0 Å². The van der Waals surface area contributed by atoms with E-state index in [4.69, 9.17) is 5.73 Å². The first-order valence-electron chi connectivity index (χ1n) is 7.76. The number of rotatable bonds is 7. The van der Waals surface area contributed by atoms with Gasteiger partial charge in [-0.2, -0.15) is 13.2 Å². The van der Waals surface area contributed by atoms with E-state index in [1.165, 1.54) is 25.3 Å². The SMILES string of the molecule is NC(=NCC1CCC1)NCCCNc1ccc(C(F)(F)F)cn1. The molecule has 23 heavy (non-hydrogen) atoms. The first kappa shape index (κ1) is 17.4. The summed E-state index contributed by atoms with van der Waals surface area (Å²) in [6, 6.07) is 2.34. The average Bonchev–Trinajstić information content (AvgIpc) is 2.45. The van der Waals surface area contributed by atoms with Crippen molar-refractivity contribution in [2.45, 2.75) is 31.9 Å². The highest BCUT2D eigenvalue weighted by Gasteiger charge is 2.30. The third-order valence-corrected chi connectivity index (χ3v) is 3.80. The molecule has 8 heteroatoms. The van der Waals surface area contributed by atoms with Crippen molar-refractivity contribution in [3.05, 3.63) is 23.9 Å². The third kappa shape index (κ3) is 5.96. The molecule has 1 saturated carbocycles. The molecule has 4 N–H and O–H groups in total. The Kier molecular flexibility index (Phi) is 6.06. The summed E-state index contributed by atoms with van der Waals surface area (Å²) in [5.74, 6) is 1.55. The van der Waals surface area contributed by atoms with Crippen LogP contribution in [0.1, 0.15) is 31.2 Å². The Balaban J connectivity index is 1.59. The van der Waals surface area contributed by atoms with Crippen LogP contribution in [0.25, 0.3) is 0 Å². The van der Waals surface area contributed by atoms with E-state index in [0.29, 0.717) is 30.8 Å². The molecule has 128 valence electrons. The minimum Gasteiger partial charge on any atom is -0.370 e. The van der Waals surface area contributed by atoms with E-state index < -0.39 is 11.7 Å². The lowest BCUT2D eigenvalue weighted by atomic mass is 9.86. The van der Waals surface area contributed by atoms with Crippen molar-refractivity contribution >= 4 is 11.8 Å². The summed E-state index contributed by atoms with van der Waals surface area (Å²) in [7, 11) is 0. The maximum Gasteiger partial charge on any atom is 0.417 e. The van der Waals surface area contributed by atoms with Gasteiger partial charge in [-0.3, -0.25) is 4.99 Å². The second kappa shape index (κ2) is 8.03. The zero-order valence-corrected chi connectivity index (χ0v) is 12.9. The summed E-state index contributed by atoms with van der Waals surface area (Å²) in [5, 5.41) is 5.99. The van der Waals surface area contributed by atoms with E-state index in [1.54, 1.807) is 0 Å². The number of hydrogen-bond acceptors (Lipinski definition) is 3. The van der Waals surface area contributed by atoms with Crippen LogP contribution in [0.5, 0.6) is 0 Å². The van der Waals surface area contributed by atoms with Gasteiger partial charge in [-0.15, -0.1) is 0 Å². The topological polar surface area (TPSA) is 75.3 Å². The van der Waals surface area contributed by atoms with Crippen LogP contribution in [-0.4, -0.2) is 30.6 Å². The van der Waals surface area contributed by atoms with Gasteiger partial charge in [0.15, 0.2) is 5.96 Å².